The van der Waals surface area contributed by atoms with Gasteiger partial charge in [0.2, 0.25) is 5.88 Å². The Morgan fingerprint density at radius 2 is 1.86 bits per heavy atom. The van der Waals surface area contributed by atoms with Gasteiger partial charge in [0.05, 0.1) is 0 Å². The number of fused-ring (bicyclic) bond motifs is 2. The summed E-state index contributed by atoms with van der Waals surface area (Å²) in [5.74, 6) is -0.182. The SMILES string of the molecule is Cn1ccc2cc(-n3cc4cc(F)ccc4c3O)ccc21. The number of aromatic nitrogens is 2. The first-order chi connectivity index (χ1) is 10.1. The Morgan fingerprint density at radius 1 is 1.00 bits per heavy atom. The highest BCUT2D eigenvalue weighted by Gasteiger charge is 2.11. The molecule has 0 aliphatic carbocycles. The largest absolute Gasteiger partial charge is 0.494 e. The molecular formula is C17H13FN2O. The molecular weight excluding hydrogens is 267 g/mol. The van der Waals surface area contributed by atoms with Crippen LogP contribution in [0.4, 0.5) is 4.39 Å². The van der Waals surface area contributed by atoms with E-state index in [1.165, 1.54) is 12.1 Å². The molecule has 0 saturated heterocycles. The average Bonchev–Trinajstić information content (AvgIpc) is 3.00. The second kappa shape index (κ2) is 4.12. The lowest BCUT2D eigenvalue weighted by Crippen LogP contribution is -1.91. The summed E-state index contributed by atoms with van der Waals surface area (Å²) >= 11 is 0. The van der Waals surface area contributed by atoms with E-state index in [1.807, 2.05) is 42.1 Å². The Labute approximate surface area is 120 Å². The fourth-order valence-corrected chi connectivity index (χ4v) is 2.79. The van der Waals surface area contributed by atoms with Gasteiger partial charge in [-0.25, -0.2) is 4.39 Å². The topological polar surface area (TPSA) is 30.1 Å². The number of nitrogens with zero attached hydrogens (tertiary/aromatic N) is 2. The van der Waals surface area contributed by atoms with Crippen LogP contribution in [0.15, 0.2) is 54.9 Å². The van der Waals surface area contributed by atoms with Gasteiger partial charge < -0.3 is 9.67 Å². The van der Waals surface area contributed by atoms with Crippen molar-refractivity contribution in [2.75, 3.05) is 0 Å². The summed E-state index contributed by atoms with van der Waals surface area (Å²) in [6, 6.07) is 12.4. The van der Waals surface area contributed by atoms with Gasteiger partial charge in [-0.1, -0.05) is 0 Å². The van der Waals surface area contributed by atoms with Crippen LogP contribution in [0.1, 0.15) is 0 Å². The van der Waals surface area contributed by atoms with Crippen molar-refractivity contribution < 1.29 is 9.50 Å². The minimum Gasteiger partial charge on any atom is -0.494 e. The van der Waals surface area contributed by atoms with Crippen molar-refractivity contribution in [1.82, 2.24) is 9.13 Å². The lowest BCUT2D eigenvalue weighted by Gasteiger charge is -2.05. The third-order valence-electron chi connectivity index (χ3n) is 3.90. The Kier molecular flexibility index (Phi) is 2.36. The zero-order valence-electron chi connectivity index (χ0n) is 11.4. The minimum atomic E-state index is -0.307. The predicted octanol–water partition coefficient (Wildman–Crippen LogP) is 3.97. The number of benzene rings is 2. The predicted molar refractivity (Wildman–Crippen MR) is 81.4 cm³/mol. The molecule has 0 aliphatic heterocycles. The van der Waals surface area contributed by atoms with Gasteiger partial charge in [-0.3, -0.25) is 4.57 Å². The van der Waals surface area contributed by atoms with Gasteiger partial charge in [0.1, 0.15) is 5.82 Å². The molecule has 0 unspecified atom stereocenters. The molecule has 2 heterocycles. The molecule has 0 amide bonds. The van der Waals surface area contributed by atoms with Crippen LogP contribution in [-0.2, 0) is 7.05 Å². The molecule has 3 nitrogen and oxygen atoms in total. The highest BCUT2D eigenvalue weighted by atomic mass is 19.1. The molecule has 2 aromatic heterocycles. The van der Waals surface area contributed by atoms with Crippen LogP contribution < -0.4 is 0 Å². The Balaban J connectivity index is 1.96. The van der Waals surface area contributed by atoms with Crippen LogP contribution in [0.5, 0.6) is 5.88 Å². The zero-order valence-corrected chi connectivity index (χ0v) is 11.4. The maximum atomic E-state index is 13.3. The van der Waals surface area contributed by atoms with Crippen molar-refractivity contribution in [1.29, 1.82) is 0 Å². The standard InChI is InChI=1S/C17H13FN2O/c1-19-7-6-11-9-14(3-5-16(11)19)20-10-12-8-13(18)2-4-15(12)17(20)21/h2-10,21H,1H3. The Hall–Kier alpha value is -2.75. The summed E-state index contributed by atoms with van der Waals surface area (Å²) in [6.45, 7) is 0. The lowest BCUT2D eigenvalue weighted by atomic mass is 10.2. The van der Waals surface area contributed by atoms with Crippen molar-refractivity contribution in [3.63, 3.8) is 0 Å². The molecule has 0 radical (unpaired) electrons. The Morgan fingerprint density at radius 3 is 2.71 bits per heavy atom. The first kappa shape index (κ1) is 12.0. The minimum absolute atomic E-state index is 0.125. The number of halogens is 1. The van der Waals surface area contributed by atoms with Gasteiger partial charge >= 0.3 is 0 Å². The van der Waals surface area contributed by atoms with E-state index in [4.69, 9.17) is 0 Å². The molecule has 4 heteroatoms. The van der Waals surface area contributed by atoms with Crippen LogP contribution in [0.3, 0.4) is 0 Å². The van der Waals surface area contributed by atoms with Crippen molar-refractivity contribution in [2.24, 2.45) is 7.05 Å². The molecule has 2 aromatic carbocycles. The van der Waals surface area contributed by atoms with Gasteiger partial charge in [-0.15, -0.1) is 0 Å². The van der Waals surface area contributed by atoms with E-state index >= 15 is 0 Å². The maximum absolute atomic E-state index is 13.3. The fraction of sp³-hybridized carbons (Fsp3) is 0.0588. The summed E-state index contributed by atoms with van der Waals surface area (Å²) in [7, 11) is 1.99. The summed E-state index contributed by atoms with van der Waals surface area (Å²) in [4.78, 5) is 0. The molecule has 4 aromatic rings. The first-order valence-corrected chi connectivity index (χ1v) is 6.68. The number of rotatable bonds is 1. The van der Waals surface area contributed by atoms with Gasteiger partial charge in [-0.05, 0) is 42.5 Å². The molecule has 0 aliphatic rings. The molecule has 104 valence electrons. The van der Waals surface area contributed by atoms with Gasteiger partial charge in [-0.2, -0.15) is 0 Å². The molecule has 1 N–H and O–H groups in total. The zero-order chi connectivity index (χ0) is 14.6. The number of hydrogen-bond acceptors (Lipinski definition) is 1. The van der Waals surface area contributed by atoms with E-state index in [2.05, 4.69) is 0 Å². The van der Waals surface area contributed by atoms with Gasteiger partial charge in [0.25, 0.3) is 0 Å². The molecule has 0 fully saturated rings. The molecule has 0 bridgehead atoms. The number of aromatic hydroxyl groups is 1. The van der Waals surface area contributed by atoms with E-state index in [0.717, 1.165) is 16.6 Å². The maximum Gasteiger partial charge on any atom is 0.203 e. The molecule has 4 rings (SSSR count). The number of aryl methyl sites for hydroxylation is 1. The monoisotopic (exact) mass is 280 g/mol. The first-order valence-electron chi connectivity index (χ1n) is 6.68. The van der Waals surface area contributed by atoms with Crippen molar-refractivity contribution in [3.8, 4) is 11.6 Å². The van der Waals surface area contributed by atoms with E-state index in [1.54, 1.807) is 16.8 Å². The lowest BCUT2D eigenvalue weighted by molar-refractivity contribution is 0.448. The smallest absolute Gasteiger partial charge is 0.203 e. The average molecular weight is 280 g/mol. The number of hydrogen-bond donors (Lipinski definition) is 1. The summed E-state index contributed by atoms with van der Waals surface area (Å²) in [5, 5.41) is 12.8. The quantitative estimate of drug-likeness (QED) is 0.562. The molecule has 0 saturated carbocycles. The van der Waals surface area contributed by atoms with Crippen molar-refractivity contribution in [2.45, 2.75) is 0 Å². The van der Waals surface area contributed by atoms with Crippen molar-refractivity contribution >= 4 is 21.7 Å². The van der Waals surface area contributed by atoms with Gasteiger partial charge in [0.15, 0.2) is 0 Å². The Bertz CT molecular complexity index is 981. The third kappa shape index (κ3) is 1.72. The third-order valence-corrected chi connectivity index (χ3v) is 3.90. The molecule has 0 atom stereocenters. The van der Waals surface area contributed by atoms with Crippen molar-refractivity contribution in [3.05, 3.63) is 60.7 Å². The van der Waals surface area contributed by atoms with Crippen LogP contribution in [0.2, 0.25) is 0 Å². The van der Waals surface area contributed by atoms with E-state index in [0.29, 0.717) is 10.8 Å². The summed E-state index contributed by atoms with van der Waals surface area (Å²) < 4.78 is 17.0. The highest BCUT2D eigenvalue weighted by Crippen LogP contribution is 2.31. The molecule has 0 spiro atoms. The molecule has 21 heavy (non-hydrogen) atoms. The fourth-order valence-electron chi connectivity index (χ4n) is 2.79. The van der Waals surface area contributed by atoms with Crippen LogP contribution >= 0.6 is 0 Å². The van der Waals surface area contributed by atoms with Crippen LogP contribution in [0.25, 0.3) is 27.4 Å². The normalized spacial score (nSPS) is 11.5. The van der Waals surface area contributed by atoms with E-state index in [9.17, 15) is 9.50 Å². The van der Waals surface area contributed by atoms with E-state index in [-0.39, 0.29) is 11.7 Å². The second-order valence-electron chi connectivity index (χ2n) is 5.22. The van der Waals surface area contributed by atoms with Gasteiger partial charge in [0, 0.05) is 46.8 Å². The van der Waals surface area contributed by atoms with Crippen LogP contribution in [0, 0.1) is 5.82 Å². The summed E-state index contributed by atoms with van der Waals surface area (Å²) in [5.41, 5.74) is 1.98. The van der Waals surface area contributed by atoms with Crippen LogP contribution in [-0.4, -0.2) is 14.2 Å². The highest BCUT2D eigenvalue weighted by molar-refractivity contribution is 5.89. The van der Waals surface area contributed by atoms with E-state index < -0.39 is 0 Å². The summed E-state index contributed by atoms with van der Waals surface area (Å²) in [6.07, 6.45) is 3.74. The second-order valence-corrected chi connectivity index (χ2v) is 5.22.